The van der Waals surface area contributed by atoms with Crippen LogP contribution in [0.5, 0.6) is 0 Å². The molecule has 1 fully saturated rings. The second kappa shape index (κ2) is 6.96. The fraction of sp³-hybridized carbons (Fsp3) is 0.600. The van der Waals surface area contributed by atoms with Crippen molar-refractivity contribution >= 4 is 0 Å². The summed E-state index contributed by atoms with van der Waals surface area (Å²) in [6, 6.07) is 4.04. The molecule has 2 rings (SSSR count). The summed E-state index contributed by atoms with van der Waals surface area (Å²) in [5.74, 6) is -0.339. The third kappa shape index (κ3) is 4.25. The van der Waals surface area contributed by atoms with Crippen LogP contribution in [0.25, 0.3) is 0 Å². The van der Waals surface area contributed by atoms with Gasteiger partial charge in [0.05, 0.1) is 0 Å². The molecule has 1 aromatic rings. The molecule has 4 heteroatoms. The Morgan fingerprint density at radius 2 is 2.05 bits per heavy atom. The van der Waals surface area contributed by atoms with Crippen LogP contribution in [0.4, 0.5) is 8.78 Å². The topological polar surface area (TPSA) is 21.3 Å². The minimum atomic E-state index is -0.522. The van der Waals surface area contributed by atoms with E-state index in [1.807, 2.05) is 7.05 Å². The number of hydrogen-bond donors (Lipinski definition) is 1. The first-order valence-electron chi connectivity index (χ1n) is 6.88. The van der Waals surface area contributed by atoms with E-state index in [4.69, 9.17) is 4.74 Å². The van der Waals surface area contributed by atoms with Gasteiger partial charge in [0.25, 0.3) is 0 Å². The van der Waals surface area contributed by atoms with Crippen molar-refractivity contribution in [3.05, 3.63) is 35.4 Å². The quantitative estimate of drug-likeness (QED) is 0.887. The molecule has 0 saturated carbocycles. The largest absolute Gasteiger partial charge is 0.381 e. The molecule has 0 radical (unpaired) electrons. The maximum atomic E-state index is 13.6. The average molecular weight is 269 g/mol. The lowest BCUT2D eigenvalue weighted by molar-refractivity contribution is 0.0608. The standard InChI is InChI=1S/C15H21F2NO/c1-18-14(8-11-4-6-19-7-5-11)9-12-2-3-13(16)10-15(12)17/h2-3,10-11,14,18H,4-9H2,1H3. The normalized spacial score (nSPS) is 18.5. The highest BCUT2D eigenvalue weighted by Gasteiger charge is 2.19. The van der Waals surface area contributed by atoms with Crippen molar-refractivity contribution in [2.45, 2.75) is 31.7 Å². The summed E-state index contributed by atoms with van der Waals surface area (Å²) in [7, 11) is 1.89. The second-order valence-corrected chi connectivity index (χ2v) is 5.22. The Kier molecular flexibility index (Phi) is 5.28. The van der Waals surface area contributed by atoms with Gasteiger partial charge in [-0.25, -0.2) is 8.78 Å². The molecule has 1 heterocycles. The van der Waals surface area contributed by atoms with Crippen molar-refractivity contribution in [1.82, 2.24) is 5.32 Å². The Morgan fingerprint density at radius 1 is 1.32 bits per heavy atom. The lowest BCUT2D eigenvalue weighted by Crippen LogP contribution is -2.32. The number of rotatable bonds is 5. The predicted molar refractivity (Wildman–Crippen MR) is 71.1 cm³/mol. The van der Waals surface area contributed by atoms with E-state index < -0.39 is 11.6 Å². The van der Waals surface area contributed by atoms with Crippen LogP contribution in [-0.4, -0.2) is 26.3 Å². The average Bonchev–Trinajstić information content (AvgIpc) is 2.42. The Bertz CT molecular complexity index is 405. The van der Waals surface area contributed by atoms with Crippen molar-refractivity contribution in [3.8, 4) is 0 Å². The van der Waals surface area contributed by atoms with E-state index in [0.29, 0.717) is 17.9 Å². The number of likely N-dealkylation sites (N-methyl/N-ethyl adjacent to an activating group) is 1. The maximum absolute atomic E-state index is 13.6. The first-order valence-corrected chi connectivity index (χ1v) is 6.88. The predicted octanol–water partition coefficient (Wildman–Crippen LogP) is 2.91. The van der Waals surface area contributed by atoms with Crippen LogP contribution in [0.1, 0.15) is 24.8 Å². The SMILES string of the molecule is CNC(Cc1ccc(F)cc1F)CC1CCOCC1. The van der Waals surface area contributed by atoms with Gasteiger partial charge in [-0.05, 0) is 50.3 Å². The molecule has 0 aromatic heterocycles. The highest BCUT2D eigenvalue weighted by Crippen LogP contribution is 2.22. The zero-order valence-corrected chi connectivity index (χ0v) is 11.3. The molecule has 0 aliphatic carbocycles. The van der Waals surface area contributed by atoms with E-state index in [2.05, 4.69) is 5.32 Å². The smallest absolute Gasteiger partial charge is 0.129 e. The van der Waals surface area contributed by atoms with Crippen LogP contribution < -0.4 is 5.32 Å². The molecule has 106 valence electrons. The van der Waals surface area contributed by atoms with Gasteiger partial charge in [0.2, 0.25) is 0 Å². The zero-order valence-electron chi connectivity index (χ0n) is 11.3. The van der Waals surface area contributed by atoms with Gasteiger partial charge >= 0.3 is 0 Å². The van der Waals surface area contributed by atoms with Gasteiger partial charge in [-0.3, -0.25) is 0 Å². The number of halogens is 2. The molecule has 0 bridgehead atoms. The summed E-state index contributed by atoms with van der Waals surface area (Å²) in [6.45, 7) is 1.65. The third-order valence-electron chi connectivity index (χ3n) is 3.85. The molecule has 1 aliphatic heterocycles. The molecule has 2 nitrogen and oxygen atoms in total. The molecule has 1 unspecified atom stereocenters. The molecule has 19 heavy (non-hydrogen) atoms. The molecule has 1 N–H and O–H groups in total. The van der Waals surface area contributed by atoms with Crippen molar-refractivity contribution in [2.75, 3.05) is 20.3 Å². The first-order chi connectivity index (χ1) is 9.19. The Balaban J connectivity index is 1.94. The molecule has 1 atom stereocenters. The van der Waals surface area contributed by atoms with Gasteiger partial charge in [-0.2, -0.15) is 0 Å². The molecule has 0 amide bonds. The van der Waals surface area contributed by atoms with Crippen molar-refractivity contribution < 1.29 is 13.5 Å². The van der Waals surface area contributed by atoms with E-state index in [-0.39, 0.29) is 6.04 Å². The van der Waals surface area contributed by atoms with Crippen molar-refractivity contribution in [2.24, 2.45) is 5.92 Å². The van der Waals surface area contributed by atoms with Crippen molar-refractivity contribution in [3.63, 3.8) is 0 Å². The summed E-state index contributed by atoms with van der Waals surface area (Å²) in [5.41, 5.74) is 0.577. The van der Waals surface area contributed by atoms with Crippen LogP contribution in [0.3, 0.4) is 0 Å². The third-order valence-corrected chi connectivity index (χ3v) is 3.85. The highest BCUT2D eigenvalue weighted by molar-refractivity contribution is 5.19. The number of nitrogens with one attached hydrogen (secondary N) is 1. The summed E-state index contributed by atoms with van der Waals surface area (Å²) in [5, 5.41) is 3.24. The zero-order chi connectivity index (χ0) is 13.7. The van der Waals surface area contributed by atoms with Gasteiger partial charge in [0.15, 0.2) is 0 Å². The summed E-state index contributed by atoms with van der Waals surface area (Å²) < 4.78 is 31.9. The van der Waals surface area contributed by atoms with Gasteiger partial charge in [0.1, 0.15) is 11.6 Å². The summed E-state index contributed by atoms with van der Waals surface area (Å²) >= 11 is 0. The number of ether oxygens (including phenoxy) is 1. The minimum absolute atomic E-state index is 0.225. The summed E-state index contributed by atoms with van der Waals surface area (Å²) in [4.78, 5) is 0. The van der Waals surface area contributed by atoms with Gasteiger partial charge < -0.3 is 10.1 Å². The fourth-order valence-corrected chi connectivity index (χ4v) is 2.64. The minimum Gasteiger partial charge on any atom is -0.381 e. The summed E-state index contributed by atoms with van der Waals surface area (Å²) in [6.07, 6.45) is 3.75. The van der Waals surface area contributed by atoms with Gasteiger partial charge in [0, 0.05) is 25.3 Å². The number of benzene rings is 1. The van der Waals surface area contributed by atoms with Crippen LogP contribution in [0.2, 0.25) is 0 Å². The first kappa shape index (κ1) is 14.4. The Hall–Kier alpha value is -1.00. The van der Waals surface area contributed by atoms with Gasteiger partial charge in [-0.1, -0.05) is 6.07 Å². The monoisotopic (exact) mass is 269 g/mol. The molecule has 0 spiro atoms. The lowest BCUT2D eigenvalue weighted by Gasteiger charge is -2.26. The Labute approximate surface area is 113 Å². The second-order valence-electron chi connectivity index (χ2n) is 5.22. The highest BCUT2D eigenvalue weighted by atomic mass is 19.1. The molecular weight excluding hydrogens is 248 g/mol. The van der Waals surface area contributed by atoms with E-state index in [1.54, 1.807) is 6.07 Å². The van der Waals surface area contributed by atoms with E-state index >= 15 is 0 Å². The molecule has 1 saturated heterocycles. The van der Waals surface area contributed by atoms with Crippen LogP contribution in [0.15, 0.2) is 18.2 Å². The number of hydrogen-bond acceptors (Lipinski definition) is 2. The lowest BCUT2D eigenvalue weighted by atomic mass is 9.90. The van der Waals surface area contributed by atoms with E-state index in [1.165, 1.54) is 6.07 Å². The van der Waals surface area contributed by atoms with Crippen LogP contribution in [0, 0.1) is 17.6 Å². The maximum Gasteiger partial charge on any atom is 0.129 e. The molecule has 1 aliphatic rings. The van der Waals surface area contributed by atoms with E-state index in [0.717, 1.165) is 38.5 Å². The van der Waals surface area contributed by atoms with Crippen LogP contribution in [-0.2, 0) is 11.2 Å². The molecule has 1 aromatic carbocycles. The van der Waals surface area contributed by atoms with E-state index in [9.17, 15) is 8.78 Å². The fourth-order valence-electron chi connectivity index (χ4n) is 2.64. The molecular formula is C15H21F2NO. The van der Waals surface area contributed by atoms with Gasteiger partial charge in [-0.15, -0.1) is 0 Å². The Morgan fingerprint density at radius 3 is 2.68 bits per heavy atom. The van der Waals surface area contributed by atoms with Crippen molar-refractivity contribution in [1.29, 1.82) is 0 Å². The van der Waals surface area contributed by atoms with Crippen LogP contribution >= 0.6 is 0 Å².